The molecule has 0 aromatic heterocycles. The van der Waals surface area contributed by atoms with Gasteiger partial charge in [-0.25, -0.2) is 9.18 Å². The Morgan fingerprint density at radius 1 is 1.24 bits per heavy atom. The van der Waals surface area contributed by atoms with Gasteiger partial charge >= 0.3 is 5.97 Å². The molecule has 0 bridgehead atoms. The van der Waals surface area contributed by atoms with E-state index in [0.717, 1.165) is 19.3 Å². The van der Waals surface area contributed by atoms with Crippen LogP contribution in [0.3, 0.4) is 0 Å². The van der Waals surface area contributed by atoms with Gasteiger partial charge in [0.25, 0.3) is 0 Å². The molecule has 1 aliphatic rings. The van der Waals surface area contributed by atoms with Crippen LogP contribution in [0.15, 0.2) is 48.5 Å². The number of rotatable bonds is 11. The van der Waals surface area contributed by atoms with Crippen molar-refractivity contribution in [3.05, 3.63) is 71.0 Å². The Labute approximate surface area is 195 Å². The van der Waals surface area contributed by atoms with Crippen molar-refractivity contribution in [2.24, 2.45) is 5.92 Å². The number of hydrogen-bond acceptors (Lipinski definition) is 5. The Bertz CT molecular complexity index is 947. The number of carbonyl (C=O) groups is 1. The molecular formula is C27H34FNO4. The molecule has 2 aromatic rings. The van der Waals surface area contributed by atoms with Gasteiger partial charge in [0, 0.05) is 18.2 Å². The molecule has 0 spiro atoms. The molecule has 1 atom stereocenters. The summed E-state index contributed by atoms with van der Waals surface area (Å²) in [4.78, 5) is 11.4. The van der Waals surface area contributed by atoms with E-state index < -0.39 is 17.9 Å². The Hall–Kier alpha value is -2.70. The monoisotopic (exact) mass is 455 g/mol. The maximum absolute atomic E-state index is 14.1. The summed E-state index contributed by atoms with van der Waals surface area (Å²) in [6.07, 6.45) is 5.21. The first-order chi connectivity index (χ1) is 15.8. The molecule has 0 aliphatic heterocycles. The van der Waals surface area contributed by atoms with Gasteiger partial charge in [-0.3, -0.25) is 0 Å². The lowest BCUT2D eigenvalue weighted by molar-refractivity contribution is -0.137. The molecule has 0 heterocycles. The molecule has 0 fully saturated rings. The number of hydrogen-bond donors (Lipinski definition) is 2. The lowest BCUT2D eigenvalue weighted by Crippen LogP contribution is -2.46. The summed E-state index contributed by atoms with van der Waals surface area (Å²) in [5.74, 6) is -0.375. The molecule has 0 unspecified atom stereocenters. The van der Waals surface area contributed by atoms with E-state index >= 15 is 0 Å². The third-order valence-corrected chi connectivity index (χ3v) is 5.84. The van der Waals surface area contributed by atoms with E-state index in [1.807, 2.05) is 0 Å². The Kier molecular flexibility index (Phi) is 8.64. The fourth-order valence-corrected chi connectivity index (χ4v) is 4.32. The first-order valence-electron chi connectivity index (χ1n) is 11.5. The largest absolute Gasteiger partial charge is 0.488 e. The van der Waals surface area contributed by atoms with Gasteiger partial charge in [-0.1, -0.05) is 30.3 Å². The quantitative estimate of drug-likeness (QED) is 0.390. The van der Waals surface area contributed by atoms with Gasteiger partial charge in [0.1, 0.15) is 12.7 Å². The van der Waals surface area contributed by atoms with Crippen molar-refractivity contribution in [3.8, 4) is 5.75 Å². The van der Waals surface area contributed by atoms with Gasteiger partial charge in [-0.15, -0.1) is 0 Å². The summed E-state index contributed by atoms with van der Waals surface area (Å²) in [6.45, 7) is 6.60. The predicted molar refractivity (Wildman–Crippen MR) is 128 cm³/mol. The number of aliphatic hydroxyl groups excluding tert-OH is 1. The van der Waals surface area contributed by atoms with Gasteiger partial charge < -0.3 is 19.9 Å². The van der Waals surface area contributed by atoms with Crippen molar-refractivity contribution in [1.82, 2.24) is 5.32 Å². The van der Waals surface area contributed by atoms with E-state index in [2.05, 4.69) is 43.4 Å². The number of β-amino-alcohol motifs (C(OH)–C–C–N with tert-alkyl or cyclic N) is 1. The first kappa shape index (κ1) is 24.9. The summed E-state index contributed by atoms with van der Waals surface area (Å²) in [6, 6.07) is 12.9. The molecule has 1 aliphatic carbocycles. The van der Waals surface area contributed by atoms with Crippen LogP contribution < -0.4 is 10.1 Å². The second-order valence-corrected chi connectivity index (χ2v) is 9.25. The summed E-state index contributed by atoms with van der Waals surface area (Å²) in [7, 11) is 0. The smallest absolute Gasteiger partial charge is 0.330 e. The number of halogens is 1. The molecule has 3 rings (SSSR count). The Morgan fingerprint density at radius 3 is 2.61 bits per heavy atom. The van der Waals surface area contributed by atoms with Crippen molar-refractivity contribution in [1.29, 1.82) is 0 Å². The second-order valence-electron chi connectivity index (χ2n) is 9.25. The summed E-state index contributed by atoms with van der Waals surface area (Å²) in [5, 5.41) is 13.8. The highest BCUT2D eigenvalue weighted by Crippen LogP contribution is 2.31. The number of ether oxygens (including phenoxy) is 2. The van der Waals surface area contributed by atoms with E-state index in [1.165, 1.54) is 35.4 Å². The zero-order valence-electron chi connectivity index (χ0n) is 19.6. The Morgan fingerprint density at radius 2 is 1.94 bits per heavy atom. The van der Waals surface area contributed by atoms with Crippen molar-refractivity contribution in [2.45, 2.75) is 51.7 Å². The fraction of sp³-hybridized carbons (Fsp3) is 0.444. The van der Waals surface area contributed by atoms with Gasteiger partial charge in [0.05, 0.1) is 6.61 Å². The highest BCUT2D eigenvalue weighted by atomic mass is 19.1. The van der Waals surface area contributed by atoms with Gasteiger partial charge in [-0.05, 0) is 80.9 Å². The molecule has 33 heavy (non-hydrogen) atoms. The van der Waals surface area contributed by atoms with Gasteiger partial charge in [-0.2, -0.15) is 0 Å². The summed E-state index contributed by atoms with van der Waals surface area (Å²) in [5.41, 5.74) is 3.34. The topological polar surface area (TPSA) is 67.8 Å². The van der Waals surface area contributed by atoms with Crippen LogP contribution in [-0.4, -0.2) is 42.5 Å². The zero-order valence-corrected chi connectivity index (χ0v) is 19.6. The summed E-state index contributed by atoms with van der Waals surface area (Å²) < 4.78 is 24.5. The normalized spacial score (nSPS) is 14.9. The van der Waals surface area contributed by atoms with E-state index in [-0.39, 0.29) is 24.5 Å². The number of esters is 1. The second kappa shape index (κ2) is 11.4. The van der Waals surface area contributed by atoms with E-state index in [4.69, 9.17) is 9.47 Å². The molecule has 0 radical (unpaired) electrons. The Balaban J connectivity index is 1.45. The van der Waals surface area contributed by atoms with Gasteiger partial charge in [0.2, 0.25) is 0 Å². The minimum absolute atomic E-state index is 0.0306. The first-order valence-corrected chi connectivity index (χ1v) is 11.5. The molecule has 0 amide bonds. The van der Waals surface area contributed by atoms with Gasteiger partial charge in [0.15, 0.2) is 11.6 Å². The molecule has 0 saturated carbocycles. The van der Waals surface area contributed by atoms with Crippen molar-refractivity contribution in [3.63, 3.8) is 0 Å². The van der Waals surface area contributed by atoms with Crippen LogP contribution in [0.5, 0.6) is 5.75 Å². The van der Waals surface area contributed by atoms with E-state index in [9.17, 15) is 14.3 Å². The van der Waals surface area contributed by atoms with Crippen LogP contribution in [0.2, 0.25) is 0 Å². The zero-order chi connectivity index (χ0) is 23.8. The number of benzene rings is 2. The molecular weight excluding hydrogens is 421 g/mol. The summed E-state index contributed by atoms with van der Waals surface area (Å²) >= 11 is 0. The highest BCUT2D eigenvalue weighted by molar-refractivity contribution is 5.87. The molecule has 2 aromatic carbocycles. The number of nitrogens with one attached hydrogen (secondary N) is 1. The third-order valence-electron chi connectivity index (χ3n) is 5.84. The molecule has 178 valence electrons. The average Bonchev–Trinajstić information content (AvgIpc) is 3.18. The molecule has 2 N–H and O–H groups in total. The minimum Gasteiger partial charge on any atom is -0.488 e. The van der Waals surface area contributed by atoms with E-state index in [0.29, 0.717) is 18.0 Å². The number of carbonyl (C=O) groups excluding carboxylic acids is 1. The van der Waals surface area contributed by atoms with Crippen LogP contribution in [-0.2, 0) is 22.4 Å². The lowest BCUT2D eigenvalue weighted by atomic mass is 9.88. The third kappa shape index (κ3) is 7.69. The average molecular weight is 456 g/mol. The van der Waals surface area contributed by atoms with Crippen LogP contribution in [0.25, 0.3) is 6.08 Å². The van der Waals surface area contributed by atoms with Crippen LogP contribution in [0.1, 0.15) is 43.9 Å². The molecule has 5 nitrogen and oxygen atoms in total. The fourth-order valence-electron chi connectivity index (χ4n) is 4.32. The SMILES string of the molecule is CCOC(=O)C=Cc1ccc(F)c(OC[C@H](O)CNC(C)(C)CC2Cc3ccccc3C2)c1. The minimum atomic E-state index is -0.789. The van der Waals surface area contributed by atoms with Crippen molar-refractivity contribution < 1.29 is 23.8 Å². The van der Waals surface area contributed by atoms with Crippen LogP contribution >= 0.6 is 0 Å². The predicted octanol–water partition coefficient (Wildman–Crippen LogP) is 4.32. The number of fused-ring (bicyclic) bond motifs is 1. The lowest BCUT2D eigenvalue weighted by Gasteiger charge is -2.30. The molecule has 0 saturated heterocycles. The molecule has 6 heteroatoms. The number of aliphatic hydroxyl groups is 1. The van der Waals surface area contributed by atoms with Crippen LogP contribution in [0, 0.1) is 11.7 Å². The maximum Gasteiger partial charge on any atom is 0.330 e. The standard InChI is InChI=1S/C27H34FNO4/c1-4-32-26(31)12-10-19-9-11-24(28)25(15-19)33-18-23(30)17-29-27(2,3)16-20-13-21-7-5-6-8-22(21)14-20/h5-12,15,20,23,29-30H,4,13-14,16-18H2,1-3H3/t23-/m1/s1. The van der Waals surface area contributed by atoms with Crippen LogP contribution in [0.4, 0.5) is 4.39 Å². The van der Waals surface area contributed by atoms with Crippen molar-refractivity contribution >= 4 is 12.0 Å². The highest BCUT2D eigenvalue weighted by Gasteiger charge is 2.28. The van der Waals surface area contributed by atoms with E-state index in [1.54, 1.807) is 13.0 Å². The maximum atomic E-state index is 14.1. The van der Waals surface area contributed by atoms with Crippen molar-refractivity contribution in [2.75, 3.05) is 19.8 Å².